The Hall–Kier alpha value is -4.25. The highest BCUT2D eigenvalue weighted by Crippen LogP contribution is 2.29. The number of ether oxygens (including phenoxy) is 3. The lowest BCUT2D eigenvalue weighted by molar-refractivity contribution is -0.143. The number of likely N-dealkylation sites (N-methyl/N-ethyl adjacent to an activating group) is 2. The molecule has 0 aliphatic heterocycles. The van der Waals surface area contributed by atoms with E-state index in [2.05, 4.69) is 27.3 Å². The predicted octanol–water partition coefficient (Wildman–Crippen LogP) is 3.41. The number of hydrogen-bond donors (Lipinski definition) is 4. The molecule has 0 saturated heterocycles. The van der Waals surface area contributed by atoms with Crippen LogP contribution in [-0.2, 0) is 43.3 Å². The molecule has 1 amide bonds. The van der Waals surface area contributed by atoms with Crippen LogP contribution in [0.25, 0.3) is 11.1 Å². The van der Waals surface area contributed by atoms with Crippen molar-refractivity contribution in [3.63, 3.8) is 0 Å². The molecule has 0 fully saturated rings. The Morgan fingerprint density at radius 2 is 1.48 bits per heavy atom. The largest absolute Gasteiger partial charge is 0.489 e. The molecule has 0 bridgehead atoms. The van der Waals surface area contributed by atoms with Crippen LogP contribution in [0.15, 0.2) is 72.8 Å². The topological polar surface area (TPSA) is 127 Å². The normalized spacial score (nSPS) is 12.9. The fourth-order valence-corrected chi connectivity index (χ4v) is 5.27. The number of carbonyl (C=O) groups is 3. The van der Waals surface area contributed by atoms with Crippen molar-refractivity contribution in [1.82, 2.24) is 21.3 Å². The lowest BCUT2D eigenvalue weighted by atomic mass is 9.95. The van der Waals surface area contributed by atoms with E-state index in [-0.39, 0.29) is 24.3 Å². The number of methoxy groups -OCH3 is 2. The van der Waals surface area contributed by atoms with Gasteiger partial charge in [0.1, 0.15) is 18.4 Å². The second kappa shape index (κ2) is 19.3. The van der Waals surface area contributed by atoms with Crippen LogP contribution in [0.2, 0.25) is 0 Å². The van der Waals surface area contributed by atoms with E-state index in [0.717, 1.165) is 40.8 Å². The first-order chi connectivity index (χ1) is 22.3. The second-order valence-electron chi connectivity index (χ2n) is 11.1. The van der Waals surface area contributed by atoms with Crippen LogP contribution in [0.5, 0.6) is 5.75 Å². The fourth-order valence-electron chi connectivity index (χ4n) is 5.27. The van der Waals surface area contributed by atoms with Gasteiger partial charge in [0.2, 0.25) is 5.91 Å². The molecule has 10 heteroatoms. The first-order valence-electron chi connectivity index (χ1n) is 15.6. The van der Waals surface area contributed by atoms with Crippen molar-refractivity contribution in [2.45, 2.75) is 56.8 Å². The summed E-state index contributed by atoms with van der Waals surface area (Å²) in [5.41, 5.74) is 4.75. The molecule has 46 heavy (non-hydrogen) atoms. The van der Waals surface area contributed by atoms with Crippen LogP contribution in [0.4, 0.5) is 0 Å². The van der Waals surface area contributed by atoms with Gasteiger partial charge in [-0.2, -0.15) is 0 Å². The first-order valence-corrected chi connectivity index (χ1v) is 15.6. The molecule has 3 rings (SSSR count). The highest BCUT2D eigenvalue weighted by molar-refractivity contribution is 5.83. The van der Waals surface area contributed by atoms with Gasteiger partial charge in [-0.3, -0.25) is 14.4 Å². The maximum Gasteiger partial charge on any atom is 0.323 e. The van der Waals surface area contributed by atoms with E-state index >= 15 is 0 Å². The Morgan fingerprint density at radius 1 is 0.761 bits per heavy atom. The van der Waals surface area contributed by atoms with Gasteiger partial charge in [0.15, 0.2) is 0 Å². The van der Waals surface area contributed by atoms with Crippen LogP contribution in [0.3, 0.4) is 0 Å². The van der Waals surface area contributed by atoms with Crippen LogP contribution in [-0.4, -0.2) is 77.9 Å². The number of hydrogen-bond acceptors (Lipinski definition) is 9. The number of benzene rings is 3. The molecule has 0 aliphatic rings. The maximum absolute atomic E-state index is 13.1. The van der Waals surface area contributed by atoms with E-state index in [0.29, 0.717) is 31.6 Å². The number of esters is 2. The zero-order chi connectivity index (χ0) is 33.3. The Labute approximate surface area is 272 Å². The molecule has 3 atom stereocenters. The monoisotopic (exact) mass is 632 g/mol. The van der Waals surface area contributed by atoms with Gasteiger partial charge in [0.25, 0.3) is 0 Å². The summed E-state index contributed by atoms with van der Waals surface area (Å²) in [6.45, 7) is 1.20. The summed E-state index contributed by atoms with van der Waals surface area (Å²) in [7, 11) is 8.09. The van der Waals surface area contributed by atoms with Crippen molar-refractivity contribution in [3.05, 3.63) is 89.5 Å². The molecule has 10 nitrogen and oxygen atoms in total. The Bertz CT molecular complexity index is 1400. The number of nitrogens with one attached hydrogen (secondary N) is 4. The summed E-state index contributed by atoms with van der Waals surface area (Å²) in [6.07, 6.45) is 2.37. The first kappa shape index (κ1) is 36.2. The summed E-state index contributed by atoms with van der Waals surface area (Å²) in [4.78, 5) is 37.9. The summed E-state index contributed by atoms with van der Waals surface area (Å²) in [5.74, 6) is -0.213. The van der Waals surface area contributed by atoms with Crippen molar-refractivity contribution in [1.29, 1.82) is 0 Å². The number of carbonyl (C=O) groups excluding carboxylic acids is 3. The summed E-state index contributed by atoms with van der Waals surface area (Å²) in [5, 5.41) is 12.3. The van der Waals surface area contributed by atoms with Crippen molar-refractivity contribution >= 4 is 17.8 Å². The summed E-state index contributed by atoms with van der Waals surface area (Å²) >= 11 is 0. The van der Waals surface area contributed by atoms with Crippen LogP contribution in [0.1, 0.15) is 36.0 Å². The lowest BCUT2D eigenvalue weighted by Crippen LogP contribution is -2.48. The van der Waals surface area contributed by atoms with Gasteiger partial charge in [0.05, 0.1) is 26.7 Å². The quantitative estimate of drug-likeness (QED) is 0.116. The minimum absolute atomic E-state index is 0.0515. The van der Waals surface area contributed by atoms with Gasteiger partial charge in [-0.25, -0.2) is 0 Å². The minimum atomic E-state index is -0.548. The number of amides is 1. The molecule has 0 spiro atoms. The van der Waals surface area contributed by atoms with Gasteiger partial charge in [0, 0.05) is 12.5 Å². The maximum atomic E-state index is 13.1. The molecular weight excluding hydrogens is 584 g/mol. The Balaban J connectivity index is 1.86. The zero-order valence-electron chi connectivity index (χ0n) is 27.6. The molecular formula is C36H48N4O6. The molecule has 0 saturated carbocycles. The van der Waals surface area contributed by atoms with E-state index in [4.69, 9.17) is 14.2 Å². The molecule has 3 aromatic carbocycles. The summed E-state index contributed by atoms with van der Waals surface area (Å²) in [6, 6.07) is 22.5. The van der Waals surface area contributed by atoms with Gasteiger partial charge < -0.3 is 35.5 Å². The summed E-state index contributed by atoms with van der Waals surface area (Å²) < 4.78 is 16.2. The molecule has 0 radical (unpaired) electrons. The van der Waals surface area contributed by atoms with Crippen LogP contribution in [0, 0.1) is 0 Å². The smallest absolute Gasteiger partial charge is 0.323 e. The van der Waals surface area contributed by atoms with Crippen molar-refractivity contribution in [2.24, 2.45) is 0 Å². The molecule has 0 aliphatic carbocycles. The fraction of sp³-hybridized carbons (Fsp3) is 0.417. The molecule has 1 unspecified atom stereocenters. The van der Waals surface area contributed by atoms with Crippen molar-refractivity contribution < 1.29 is 28.6 Å². The molecule has 0 heterocycles. The highest BCUT2D eigenvalue weighted by Gasteiger charge is 2.23. The van der Waals surface area contributed by atoms with Crippen molar-refractivity contribution in [2.75, 3.05) is 41.9 Å². The molecule has 248 valence electrons. The SMILES string of the molecule is CNCCC[C@H](NC)C(=O)NC(CC(=O)OC)Cc1cccc(-c2ccc(OCc3ccccc3)c(C[C@H](NC)C(=O)OC)c2)c1. The average molecular weight is 633 g/mol. The van der Waals surface area contributed by atoms with Gasteiger partial charge in [-0.05, 0) is 86.9 Å². The third kappa shape index (κ3) is 11.3. The average Bonchev–Trinajstić information content (AvgIpc) is 3.08. The van der Waals surface area contributed by atoms with E-state index in [1.54, 1.807) is 14.1 Å². The standard InChI is InChI=1S/C36H48N4O6/c1-37-18-10-15-31(38-2)35(42)40-30(23-34(41)44-4)20-26-13-9-14-27(19-26)28-16-17-33(46-24-25-11-7-6-8-12-25)29(21-28)22-32(39-3)36(43)45-5/h6-9,11-14,16-17,19,21,30-32,37-39H,10,15,18,20,22-24H2,1-5H3,(H,40,42)/t30?,31-,32-/m0/s1. The van der Waals surface area contributed by atoms with E-state index in [9.17, 15) is 14.4 Å². The van der Waals surface area contributed by atoms with Crippen LogP contribution >= 0.6 is 0 Å². The number of rotatable bonds is 19. The van der Waals surface area contributed by atoms with Crippen molar-refractivity contribution in [3.8, 4) is 16.9 Å². The highest BCUT2D eigenvalue weighted by atomic mass is 16.5. The second-order valence-corrected chi connectivity index (χ2v) is 11.1. The lowest BCUT2D eigenvalue weighted by Gasteiger charge is -2.22. The van der Waals surface area contributed by atoms with Gasteiger partial charge in [-0.15, -0.1) is 0 Å². The molecule has 3 aromatic rings. The zero-order valence-corrected chi connectivity index (χ0v) is 27.6. The van der Waals surface area contributed by atoms with Gasteiger partial charge >= 0.3 is 11.9 Å². The Kier molecular flexibility index (Phi) is 15.2. The Morgan fingerprint density at radius 3 is 2.15 bits per heavy atom. The van der Waals surface area contributed by atoms with Gasteiger partial charge in [-0.1, -0.05) is 60.7 Å². The third-order valence-corrected chi connectivity index (χ3v) is 7.87. The third-order valence-electron chi connectivity index (χ3n) is 7.87. The van der Waals surface area contributed by atoms with E-state index < -0.39 is 18.1 Å². The van der Waals surface area contributed by atoms with E-state index in [1.165, 1.54) is 14.2 Å². The predicted molar refractivity (Wildman–Crippen MR) is 179 cm³/mol. The minimum Gasteiger partial charge on any atom is -0.489 e. The molecule has 0 aromatic heterocycles. The van der Waals surface area contributed by atoms with Crippen LogP contribution < -0.4 is 26.0 Å². The van der Waals surface area contributed by atoms with E-state index in [1.807, 2.05) is 73.8 Å². The molecule has 4 N–H and O–H groups in total.